The molecule has 1 aliphatic carbocycles. The minimum atomic E-state index is 0. The molecule has 1 aliphatic rings. The van der Waals surface area contributed by atoms with Gasteiger partial charge >= 0.3 is 0 Å². The average molecular weight is 479 g/mol. The van der Waals surface area contributed by atoms with E-state index in [-0.39, 0.29) is 24.0 Å². The Hall–Kier alpha value is -0.830. The quantitative estimate of drug-likeness (QED) is 0.355. The van der Waals surface area contributed by atoms with Crippen molar-refractivity contribution in [2.24, 2.45) is 4.99 Å². The number of hydrogen-bond donors (Lipinski definition) is 2. The van der Waals surface area contributed by atoms with Gasteiger partial charge in [-0.2, -0.15) is 11.8 Å². The van der Waals surface area contributed by atoms with E-state index in [1.165, 1.54) is 19.3 Å². The molecule has 1 fully saturated rings. The molecule has 2 rings (SSSR count). The zero-order valence-corrected chi connectivity index (χ0v) is 18.6. The lowest BCUT2D eigenvalue weighted by atomic mass is 10.2. The molecule has 142 valence electrons. The largest absolute Gasteiger partial charge is 0.493 e. The minimum Gasteiger partial charge on any atom is -0.493 e. The van der Waals surface area contributed by atoms with Gasteiger partial charge < -0.3 is 20.1 Å². The molecule has 0 amide bonds. The maximum Gasteiger partial charge on any atom is 0.191 e. The molecule has 1 aromatic rings. The molecule has 2 N–H and O–H groups in total. The van der Waals surface area contributed by atoms with Crippen LogP contribution in [0, 0.1) is 0 Å². The number of hydrogen-bond acceptors (Lipinski definition) is 4. The number of ether oxygens (including phenoxy) is 2. The first-order valence-corrected chi connectivity index (χ1v) is 9.78. The Bertz CT molecular complexity index is 557. The van der Waals surface area contributed by atoms with Gasteiger partial charge in [0.15, 0.2) is 17.5 Å². The first kappa shape index (κ1) is 22.2. The fourth-order valence-electron chi connectivity index (χ4n) is 3.04. The number of nitrogens with one attached hydrogen (secondary N) is 2. The smallest absolute Gasteiger partial charge is 0.191 e. The zero-order chi connectivity index (χ0) is 17.4. The van der Waals surface area contributed by atoms with Gasteiger partial charge in [0.05, 0.1) is 20.8 Å². The van der Waals surface area contributed by atoms with Crippen molar-refractivity contribution in [3.8, 4) is 11.5 Å². The molecule has 1 aromatic carbocycles. The molecule has 25 heavy (non-hydrogen) atoms. The third-order valence-electron chi connectivity index (χ3n) is 4.29. The van der Waals surface area contributed by atoms with Gasteiger partial charge in [0, 0.05) is 23.4 Å². The number of methoxy groups -OCH3 is 2. The first-order chi connectivity index (χ1) is 11.7. The fraction of sp³-hybridized carbons (Fsp3) is 0.611. The Morgan fingerprint density at radius 3 is 2.68 bits per heavy atom. The molecule has 0 radical (unpaired) electrons. The second-order valence-corrected chi connectivity index (χ2v) is 7.00. The standard InChI is InChI=1S/C18H29N3O2S.HI/c1-5-19-18(21-14-9-10-15(11-14)24-4)20-12-13-7-6-8-16(22-2)17(13)23-3;/h6-8,14-15H,5,9-12H2,1-4H3,(H2,19,20,21);1H. The highest BCUT2D eigenvalue weighted by Crippen LogP contribution is 2.31. The van der Waals surface area contributed by atoms with Crippen LogP contribution in [0.2, 0.25) is 0 Å². The van der Waals surface area contributed by atoms with Crippen molar-refractivity contribution in [2.75, 3.05) is 27.0 Å². The second-order valence-electron chi connectivity index (χ2n) is 5.86. The molecule has 7 heteroatoms. The summed E-state index contributed by atoms with van der Waals surface area (Å²) in [6.07, 6.45) is 5.88. The van der Waals surface area contributed by atoms with E-state index in [2.05, 4.69) is 23.8 Å². The Balaban J connectivity index is 0.00000312. The van der Waals surface area contributed by atoms with Gasteiger partial charge in [0.2, 0.25) is 0 Å². The van der Waals surface area contributed by atoms with Crippen LogP contribution in [-0.4, -0.2) is 44.3 Å². The number of aliphatic imine (C=N–C) groups is 1. The number of guanidine groups is 1. The van der Waals surface area contributed by atoms with Crippen LogP contribution in [-0.2, 0) is 6.54 Å². The summed E-state index contributed by atoms with van der Waals surface area (Å²) in [5.74, 6) is 2.36. The van der Waals surface area contributed by atoms with Gasteiger partial charge in [-0.15, -0.1) is 24.0 Å². The van der Waals surface area contributed by atoms with E-state index in [0.717, 1.165) is 34.8 Å². The normalized spacial score (nSPS) is 19.9. The summed E-state index contributed by atoms with van der Waals surface area (Å²) in [7, 11) is 3.31. The third kappa shape index (κ3) is 6.44. The van der Waals surface area contributed by atoms with Crippen molar-refractivity contribution in [2.45, 2.75) is 44.0 Å². The highest BCUT2D eigenvalue weighted by atomic mass is 127. The molecule has 1 saturated carbocycles. The van der Waals surface area contributed by atoms with Crippen LogP contribution in [0.15, 0.2) is 23.2 Å². The van der Waals surface area contributed by atoms with Crippen LogP contribution in [0.5, 0.6) is 11.5 Å². The van der Waals surface area contributed by atoms with Crippen molar-refractivity contribution in [3.63, 3.8) is 0 Å². The maximum absolute atomic E-state index is 5.48. The van der Waals surface area contributed by atoms with Crippen molar-refractivity contribution >= 4 is 41.7 Å². The molecule has 5 nitrogen and oxygen atoms in total. The van der Waals surface area contributed by atoms with Gasteiger partial charge in [-0.25, -0.2) is 4.99 Å². The topological polar surface area (TPSA) is 54.9 Å². The molecule has 0 aliphatic heterocycles. The summed E-state index contributed by atoms with van der Waals surface area (Å²) in [5, 5.41) is 7.68. The first-order valence-electron chi connectivity index (χ1n) is 8.49. The van der Waals surface area contributed by atoms with E-state index < -0.39 is 0 Å². The van der Waals surface area contributed by atoms with E-state index in [4.69, 9.17) is 14.5 Å². The molecule has 2 unspecified atom stereocenters. The number of thioether (sulfide) groups is 1. The van der Waals surface area contributed by atoms with Gasteiger partial charge in [0.25, 0.3) is 0 Å². The summed E-state index contributed by atoms with van der Waals surface area (Å²) >= 11 is 1.97. The van der Waals surface area contributed by atoms with E-state index in [0.29, 0.717) is 12.6 Å². The summed E-state index contributed by atoms with van der Waals surface area (Å²) in [4.78, 5) is 4.73. The van der Waals surface area contributed by atoms with Crippen LogP contribution in [0.1, 0.15) is 31.7 Å². The molecule has 0 heterocycles. The van der Waals surface area contributed by atoms with Crippen molar-refractivity contribution in [1.82, 2.24) is 10.6 Å². The minimum absolute atomic E-state index is 0. The van der Waals surface area contributed by atoms with Gasteiger partial charge in [0.1, 0.15) is 0 Å². The molecule has 0 bridgehead atoms. The number of benzene rings is 1. The lowest BCUT2D eigenvalue weighted by molar-refractivity contribution is 0.352. The van der Waals surface area contributed by atoms with Crippen LogP contribution in [0.3, 0.4) is 0 Å². The Kier molecular flexibility index (Phi) is 10.4. The Morgan fingerprint density at radius 1 is 1.28 bits per heavy atom. The van der Waals surface area contributed by atoms with Gasteiger partial charge in [-0.3, -0.25) is 0 Å². The van der Waals surface area contributed by atoms with Gasteiger partial charge in [-0.1, -0.05) is 12.1 Å². The predicted molar refractivity (Wildman–Crippen MR) is 118 cm³/mol. The number of para-hydroxylation sites is 1. The molecule has 0 aromatic heterocycles. The zero-order valence-electron chi connectivity index (χ0n) is 15.5. The van der Waals surface area contributed by atoms with Crippen LogP contribution >= 0.6 is 35.7 Å². The summed E-state index contributed by atoms with van der Waals surface area (Å²) in [6, 6.07) is 6.39. The summed E-state index contributed by atoms with van der Waals surface area (Å²) in [6.45, 7) is 3.48. The molecular formula is C18H30IN3O2S. The predicted octanol–water partition coefficient (Wildman–Crippen LogP) is 3.66. The lowest BCUT2D eigenvalue weighted by Crippen LogP contribution is -2.42. The van der Waals surface area contributed by atoms with E-state index in [9.17, 15) is 0 Å². The van der Waals surface area contributed by atoms with E-state index in [1.807, 2.05) is 30.0 Å². The van der Waals surface area contributed by atoms with Crippen LogP contribution in [0.4, 0.5) is 0 Å². The molecular weight excluding hydrogens is 449 g/mol. The van der Waals surface area contributed by atoms with Crippen molar-refractivity contribution < 1.29 is 9.47 Å². The monoisotopic (exact) mass is 479 g/mol. The SMILES string of the molecule is CCNC(=NCc1cccc(OC)c1OC)NC1CCC(SC)C1.I. The Morgan fingerprint density at radius 2 is 2.08 bits per heavy atom. The highest BCUT2D eigenvalue weighted by Gasteiger charge is 2.24. The van der Waals surface area contributed by atoms with Crippen LogP contribution in [0.25, 0.3) is 0 Å². The third-order valence-corrected chi connectivity index (χ3v) is 5.39. The molecule has 0 saturated heterocycles. The molecule has 0 spiro atoms. The average Bonchev–Trinajstić information content (AvgIpc) is 3.07. The maximum atomic E-state index is 5.48. The lowest BCUT2D eigenvalue weighted by Gasteiger charge is -2.17. The number of rotatable bonds is 7. The number of nitrogens with zero attached hydrogens (tertiary/aromatic N) is 1. The Labute approximate surface area is 172 Å². The van der Waals surface area contributed by atoms with E-state index in [1.54, 1.807) is 14.2 Å². The fourth-order valence-corrected chi connectivity index (χ4v) is 3.84. The van der Waals surface area contributed by atoms with Crippen molar-refractivity contribution in [3.05, 3.63) is 23.8 Å². The van der Waals surface area contributed by atoms with Crippen molar-refractivity contribution in [1.29, 1.82) is 0 Å². The van der Waals surface area contributed by atoms with E-state index >= 15 is 0 Å². The second kappa shape index (κ2) is 11.7. The van der Waals surface area contributed by atoms with Crippen LogP contribution < -0.4 is 20.1 Å². The number of halogens is 1. The summed E-state index contributed by atoms with van der Waals surface area (Å²) in [5.41, 5.74) is 1.02. The highest BCUT2D eigenvalue weighted by molar-refractivity contribution is 14.0. The van der Waals surface area contributed by atoms with Gasteiger partial charge in [-0.05, 0) is 38.5 Å². The summed E-state index contributed by atoms with van der Waals surface area (Å²) < 4.78 is 10.8. The molecule has 2 atom stereocenters.